The molecule has 0 saturated carbocycles. The Bertz CT molecular complexity index is 598. The number of hydrogen-bond donors (Lipinski definition) is 2. The van der Waals surface area contributed by atoms with Crippen molar-refractivity contribution in [3.8, 4) is 0 Å². The summed E-state index contributed by atoms with van der Waals surface area (Å²) in [4.78, 5) is 12.0. The zero-order valence-corrected chi connectivity index (χ0v) is 10.2. The molecular formula is C14H11ClN2O. The van der Waals surface area contributed by atoms with Crippen LogP contribution in [-0.2, 0) is 0 Å². The summed E-state index contributed by atoms with van der Waals surface area (Å²) in [5.41, 5.74) is 2.39. The van der Waals surface area contributed by atoms with Gasteiger partial charge in [0.05, 0.1) is 11.3 Å². The molecule has 1 atom stereocenters. The van der Waals surface area contributed by atoms with E-state index in [2.05, 4.69) is 10.6 Å². The van der Waals surface area contributed by atoms with Crippen LogP contribution in [0.3, 0.4) is 0 Å². The van der Waals surface area contributed by atoms with Gasteiger partial charge in [-0.1, -0.05) is 41.9 Å². The lowest BCUT2D eigenvalue weighted by atomic mass is 10.1. The summed E-state index contributed by atoms with van der Waals surface area (Å²) in [7, 11) is 0. The van der Waals surface area contributed by atoms with Crippen LogP contribution in [0.2, 0.25) is 5.02 Å². The van der Waals surface area contributed by atoms with E-state index in [-0.39, 0.29) is 12.1 Å². The molecule has 0 aromatic heterocycles. The van der Waals surface area contributed by atoms with Crippen LogP contribution in [0.5, 0.6) is 0 Å². The predicted molar refractivity (Wildman–Crippen MR) is 71.7 cm³/mol. The smallest absolute Gasteiger partial charge is 0.255 e. The Morgan fingerprint density at radius 1 is 1.00 bits per heavy atom. The molecule has 18 heavy (non-hydrogen) atoms. The molecule has 3 rings (SSSR count). The molecule has 1 amide bonds. The van der Waals surface area contributed by atoms with E-state index in [9.17, 15) is 4.79 Å². The van der Waals surface area contributed by atoms with E-state index in [1.807, 2.05) is 30.3 Å². The summed E-state index contributed by atoms with van der Waals surface area (Å²) in [6, 6.07) is 15.0. The molecule has 2 aromatic carbocycles. The van der Waals surface area contributed by atoms with E-state index in [1.54, 1.807) is 18.2 Å². The minimum absolute atomic E-state index is 0.0886. The van der Waals surface area contributed by atoms with Crippen LogP contribution < -0.4 is 10.6 Å². The van der Waals surface area contributed by atoms with E-state index in [0.717, 1.165) is 11.3 Å². The molecule has 0 spiro atoms. The molecule has 1 heterocycles. The first-order valence-corrected chi connectivity index (χ1v) is 6.04. The van der Waals surface area contributed by atoms with Gasteiger partial charge in [0.2, 0.25) is 0 Å². The Kier molecular flexibility index (Phi) is 2.68. The number of carbonyl (C=O) groups excluding carboxylic acids is 1. The van der Waals surface area contributed by atoms with Crippen LogP contribution in [0, 0.1) is 0 Å². The van der Waals surface area contributed by atoms with Gasteiger partial charge in [0.1, 0.15) is 6.17 Å². The van der Waals surface area contributed by atoms with Crippen molar-refractivity contribution in [2.24, 2.45) is 0 Å². The number of anilines is 1. The van der Waals surface area contributed by atoms with E-state index < -0.39 is 0 Å². The van der Waals surface area contributed by atoms with Crippen LogP contribution in [0.4, 0.5) is 5.69 Å². The van der Waals surface area contributed by atoms with Crippen molar-refractivity contribution in [1.82, 2.24) is 5.32 Å². The summed E-state index contributed by atoms with van der Waals surface area (Å²) in [5.74, 6) is -0.0886. The predicted octanol–water partition coefficient (Wildman–Crippen LogP) is 3.19. The van der Waals surface area contributed by atoms with Gasteiger partial charge in [0, 0.05) is 5.02 Å². The SMILES string of the molecule is O=C1NC(c2ccccc2)Nc2cc(Cl)ccc21. The average Bonchev–Trinajstić information content (AvgIpc) is 2.39. The van der Waals surface area contributed by atoms with E-state index in [0.29, 0.717) is 10.6 Å². The van der Waals surface area contributed by atoms with Crippen LogP contribution in [0.1, 0.15) is 22.1 Å². The maximum Gasteiger partial charge on any atom is 0.255 e. The lowest BCUT2D eigenvalue weighted by Gasteiger charge is -2.28. The second-order valence-electron chi connectivity index (χ2n) is 4.15. The van der Waals surface area contributed by atoms with Gasteiger partial charge < -0.3 is 10.6 Å². The summed E-state index contributed by atoms with van der Waals surface area (Å²) in [6.07, 6.45) is -0.218. The highest BCUT2D eigenvalue weighted by Crippen LogP contribution is 2.28. The van der Waals surface area contributed by atoms with Crippen molar-refractivity contribution in [3.05, 3.63) is 64.7 Å². The molecule has 1 unspecified atom stereocenters. The lowest BCUT2D eigenvalue weighted by Crippen LogP contribution is -2.38. The molecule has 0 aliphatic carbocycles. The van der Waals surface area contributed by atoms with Crippen LogP contribution in [-0.4, -0.2) is 5.91 Å². The number of amides is 1. The van der Waals surface area contributed by atoms with Crippen molar-refractivity contribution in [3.63, 3.8) is 0 Å². The summed E-state index contributed by atoms with van der Waals surface area (Å²) >= 11 is 5.95. The molecule has 2 aromatic rings. The Balaban J connectivity index is 1.98. The summed E-state index contributed by atoms with van der Waals surface area (Å²) in [6.45, 7) is 0. The molecule has 90 valence electrons. The summed E-state index contributed by atoms with van der Waals surface area (Å²) in [5, 5.41) is 6.80. The molecule has 0 saturated heterocycles. The molecule has 4 heteroatoms. The Morgan fingerprint density at radius 2 is 1.78 bits per heavy atom. The quantitative estimate of drug-likeness (QED) is 0.825. The molecule has 0 fully saturated rings. The van der Waals surface area contributed by atoms with E-state index >= 15 is 0 Å². The van der Waals surface area contributed by atoms with Gasteiger partial charge in [0.15, 0.2) is 0 Å². The third-order valence-corrected chi connectivity index (χ3v) is 3.17. The molecule has 3 nitrogen and oxygen atoms in total. The first-order valence-electron chi connectivity index (χ1n) is 5.66. The minimum Gasteiger partial charge on any atom is -0.361 e. The molecular weight excluding hydrogens is 248 g/mol. The highest BCUT2D eigenvalue weighted by Gasteiger charge is 2.24. The third kappa shape index (κ3) is 1.93. The van der Waals surface area contributed by atoms with Crippen LogP contribution in [0.15, 0.2) is 48.5 Å². The fourth-order valence-corrected chi connectivity index (χ4v) is 2.22. The minimum atomic E-state index is -0.218. The van der Waals surface area contributed by atoms with Crippen LogP contribution >= 0.6 is 11.6 Å². The van der Waals surface area contributed by atoms with Gasteiger partial charge in [-0.2, -0.15) is 0 Å². The van der Waals surface area contributed by atoms with Crippen molar-refractivity contribution in [2.75, 3.05) is 5.32 Å². The standard InChI is InChI=1S/C14H11ClN2O/c15-10-6-7-11-12(8-10)16-13(17-14(11)18)9-4-2-1-3-5-9/h1-8,13,16H,(H,17,18). The van der Waals surface area contributed by atoms with Gasteiger partial charge >= 0.3 is 0 Å². The second kappa shape index (κ2) is 4.35. The van der Waals surface area contributed by atoms with Gasteiger partial charge in [-0.15, -0.1) is 0 Å². The first-order chi connectivity index (χ1) is 8.74. The molecule has 2 N–H and O–H groups in total. The third-order valence-electron chi connectivity index (χ3n) is 2.93. The maximum absolute atomic E-state index is 12.0. The maximum atomic E-state index is 12.0. The molecule has 0 bridgehead atoms. The van der Waals surface area contributed by atoms with Crippen LogP contribution in [0.25, 0.3) is 0 Å². The van der Waals surface area contributed by atoms with Crippen molar-refractivity contribution in [1.29, 1.82) is 0 Å². The number of nitrogens with one attached hydrogen (secondary N) is 2. The fourth-order valence-electron chi connectivity index (χ4n) is 2.05. The number of carbonyl (C=O) groups is 1. The number of benzene rings is 2. The zero-order valence-electron chi connectivity index (χ0n) is 9.48. The molecule has 1 aliphatic heterocycles. The van der Waals surface area contributed by atoms with Crippen molar-refractivity contribution >= 4 is 23.2 Å². The lowest BCUT2D eigenvalue weighted by molar-refractivity contribution is 0.0935. The molecule has 1 aliphatic rings. The van der Waals surface area contributed by atoms with Gasteiger partial charge in [-0.25, -0.2) is 0 Å². The zero-order chi connectivity index (χ0) is 12.5. The Labute approximate surface area is 110 Å². The molecule has 0 radical (unpaired) electrons. The number of hydrogen-bond acceptors (Lipinski definition) is 2. The van der Waals surface area contributed by atoms with Gasteiger partial charge in [-0.05, 0) is 23.8 Å². The average molecular weight is 259 g/mol. The highest BCUT2D eigenvalue weighted by atomic mass is 35.5. The highest BCUT2D eigenvalue weighted by molar-refractivity contribution is 6.31. The number of rotatable bonds is 1. The topological polar surface area (TPSA) is 41.1 Å². The van der Waals surface area contributed by atoms with Crippen molar-refractivity contribution < 1.29 is 4.79 Å². The second-order valence-corrected chi connectivity index (χ2v) is 4.59. The normalized spacial score (nSPS) is 17.6. The largest absolute Gasteiger partial charge is 0.361 e. The fraction of sp³-hybridized carbons (Fsp3) is 0.0714. The number of fused-ring (bicyclic) bond motifs is 1. The van der Waals surface area contributed by atoms with Crippen molar-refractivity contribution in [2.45, 2.75) is 6.17 Å². The number of halogens is 1. The van der Waals surface area contributed by atoms with Gasteiger partial charge in [0.25, 0.3) is 5.91 Å². The van der Waals surface area contributed by atoms with E-state index in [4.69, 9.17) is 11.6 Å². The Morgan fingerprint density at radius 3 is 2.56 bits per heavy atom. The van der Waals surface area contributed by atoms with Gasteiger partial charge in [-0.3, -0.25) is 4.79 Å². The monoisotopic (exact) mass is 258 g/mol. The summed E-state index contributed by atoms with van der Waals surface area (Å²) < 4.78 is 0. The van der Waals surface area contributed by atoms with E-state index in [1.165, 1.54) is 0 Å². The Hall–Kier alpha value is -2.00. The first kappa shape index (κ1) is 11.1.